The first-order valence-corrected chi connectivity index (χ1v) is 6.21. The third kappa shape index (κ3) is 4.94. The normalized spacial score (nSPS) is 15.6. The van der Waals surface area contributed by atoms with E-state index >= 15 is 0 Å². The molecule has 0 aromatic heterocycles. The molecule has 4 nitrogen and oxygen atoms in total. The van der Waals surface area contributed by atoms with Crippen LogP contribution in [0.15, 0.2) is 24.3 Å². The molecular formula is C13H17ClF2N2O2. The molecule has 0 spiro atoms. The summed E-state index contributed by atoms with van der Waals surface area (Å²) in [4.78, 5) is 12.0. The summed E-state index contributed by atoms with van der Waals surface area (Å²) in [7, 11) is 0. The number of carbonyl (C=O) groups excluding carboxylic acids is 1. The van der Waals surface area contributed by atoms with E-state index in [0.29, 0.717) is 5.69 Å². The van der Waals surface area contributed by atoms with Crippen molar-refractivity contribution in [1.82, 2.24) is 5.32 Å². The third-order valence-electron chi connectivity index (χ3n) is 3.04. The van der Waals surface area contributed by atoms with Crippen LogP contribution in [0.3, 0.4) is 0 Å². The van der Waals surface area contributed by atoms with Crippen LogP contribution in [0.1, 0.15) is 12.8 Å². The van der Waals surface area contributed by atoms with Gasteiger partial charge in [-0.05, 0) is 38.1 Å². The molecular weight excluding hydrogens is 290 g/mol. The fourth-order valence-corrected chi connectivity index (χ4v) is 2.08. The van der Waals surface area contributed by atoms with Crippen LogP contribution in [0.5, 0.6) is 5.75 Å². The quantitative estimate of drug-likeness (QED) is 0.899. The fraction of sp³-hybridized carbons (Fsp3) is 0.462. The Morgan fingerprint density at radius 1 is 1.35 bits per heavy atom. The van der Waals surface area contributed by atoms with Crippen molar-refractivity contribution in [3.8, 4) is 5.75 Å². The third-order valence-corrected chi connectivity index (χ3v) is 3.04. The Balaban J connectivity index is 0.00000200. The number of anilines is 1. The number of amides is 1. The van der Waals surface area contributed by atoms with E-state index in [0.717, 1.165) is 25.9 Å². The van der Waals surface area contributed by atoms with E-state index in [-0.39, 0.29) is 30.0 Å². The number of benzene rings is 1. The van der Waals surface area contributed by atoms with Gasteiger partial charge in [0.15, 0.2) is 0 Å². The lowest BCUT2D eigenvalue weighted by atomic mass is 9.97. The standard InChI is InChI=1S/C13H16F2N2O2.ClH/c14-13(15)19-11-3-1-2-10(8-11)17-12(18)9-4-6-16-7-5-9;/h1-3,8-9,13,16H,4-7H2,(H,17,18);1H. The highest BCUT2D eigenvalue weighted by Gasteiger charge is 2.20. The Morgan fingerprint density at radius 3 is 2.70 bits per heavy atom. The molecule has 0 bridgehead atoms. The van der Waals surface area contributed by atoms with Crippen LogP contribution in [-0.4, -0.2) is 25.6 Å². The molecule has 1 aromatic carbocycles. The summed E-state index contributed by atoms with van der Waals surface area (Å²) < 4.78 is 28.5. The molecule has 20 heavy (non-hydrogen) atoms. The van der Waals surface area contributed by atoms with Gasteiger partial charge in [0.05, 0.1) is 0 Å². The van der Waals surface area contributed by atoms with Gasteiger partial charge < -0.3 is 15.4 Å². The first kappa shape index (κ1) is 16.7. The average molecular weight is 307 g/mol. The summed E-state index contributed by atoms with van der Waals surface area (Å²) >= 11 is 0. The van der Waals surface area contributed by atoms with Crippen LogP contribution in [-0.2, 0) is 4.79 Å². The summed E-state index contributed by atoms with van der Waals surface area (Å²) in [5.41, 5.74) is 0.474. The molecule has 7 heteroatoms. The van der Waals surface area contributed by atoms with Gasteiger partial charge in [-0.3, -0.25) is 4.79 Å². The Hall–Kier alpha value is -1.40. The molecule has 1 aliphatic rings. The molecule has 1 fully saturated rings. The molecule has 1 heterocycles. The number of carbonyl (C=O) groups is 1. The molecule has 2 N–H and O–H groups in total. The number of ether oxygens (including phenoxy) is 1. The molecule has 0 radical (unpaired) electrons. The lowest BCUT2D eigenvalue weighted by Crippen LogP contribution is -2.34. The lowest BCUT2D eigenvalue weighted by molar-refractivity contribution is -0.120. The van der Waals surface area contributed by atoms with Crippen molar-refractivity contribution in [1.29, 1.82) is 0 Å². The molecule has 1 saturated heterocycles. The Kier molecular flexibility index (Phi) is 6.67. The largest absolute Gasteiger partial charge is 0.435 e. The van der Waals surface area contributed by atoms with Gasteiger partial charge in [-0.25, -0.2) is 0 Å². The maximum absolute atomic E-state index is 12.1. The summed E-state index contributed by atoms with van der Waals surface area (Å²) in [6, 6.07) is 6.03. The summed E-state index contributed by atoms with van der Waals surface area (Å²) in [6.07, 6.45) is 1.58. The van der Waals surface area contributed by atoms with Crippen molar-refractivity contribution < 1.29 is 18.3 Å². The van der Waals surface area contributed by atoms with E-state index in [9.17, 15) is 13.6 Å². The van der Waals surface area contributed by atoms with E-state index in [4.69, 9.17) is 0 Å². The zero-order valence-corrected chi connectivity index (χ0v) is 11.6. The first-order chi connectivity index (χ1) is 9.15. The SMILES string of the molecule is Cl.O=C(Nc1cccc(OC(F)F)c1)C1CCNCC1. The topological polar surface area (TPSA) is 50.4 Å². The number of alkyl halides is 2. The molecule has 1 aliphatic heterocycles. The number of piperidine rings is 1. The number of hydrogen-bond acceptors (Lipinski definition) is 3. The highest BCUT2D eigenvalue weighted by Crippen LogP contribution is 2.21. The van der Waals surface area contributed by atoms with Gasteiger partial charge in [-0.1, -0.05) is 6.07 Å². The van der Waals surface area contributed by atoms with Gasteiger partial charge in [0.1, 0.15) is 5.75 Å². The van der Waals surface area contributed by atoms with Crippen molar-refractivity contribution in [2.24, 2.45) is 5.92 Å². The molecule has 1 amide bonds. The minimum absolute atomic E-state index is 0. The molecule has 0 atom stereocenters. The Morgan fingerprint density at radius 2 is 2.05 bits per heavy atom. The smallest absolute Gasteiger partial charge is 0.387 e. The van der Waals surface area contributed by atoms with E-state index in [1.807, 2.05) is 0 Å². The maximum atomic E-state index is 12.1. The molecule has 0 saturated carbocycles. The number of halogens is 3. The lowest BCUT2D eigenvalue weighted by Gasteiger charge is -2.21. The molecule has 112 valence electrons. The highest BCUT2D eigenvalue weighted by atomic mass is 35.5. The van der Waals surface area contributed by atoms with E-state index in [1.54, 1.807) is 12.1 Å². The van der Waals surface area contributed by atoms with Crippen molar-refractivity contribution in [2.75, 3.05) is 18.4 Å². The summed E-state index contributed by atoms with van der Waals surface area (Å²) in [5, 5.41) is 5.91. The van der Waals surface area contributed by atoms with Gasteiger partial charge in [0.2, 0.25) is 5.91 Å². The zero-order chi connectivity index (χ0) is 13.7. The number of rotatable bonds is 4. The second kappa shape index (κ2) is 8.01. The van der Waals surface area contributed by atoms with Crippen LogP contribution in [0.25, 0.3) is 0 Å². The molecule has 0 unspecified atom stereocenters. The summed E-state index contributed by atoms with van der Waals surface area (Å²) in [5.74, 6) is -0.0604. The maximum Gasteiger partial charge on any atom is 0.387 e. The monoisotopic (exact) mass is 306 g/mol. The van der Waals surface area contributed by atoms with Gasteiger partial charge in [-0.15, -0.1) is 12.4 Å². The number of hydrogen-bond donors (Lipinski definition) is 2. The summed E-state index contributed by atoms with van der Waals surface area (Å²) in [6.45, 7) is -1.21. The van der Waals surface area contributed by atoms with Crippen LogP contribution >= 0.6 is 12.4 Å². The van der Waals surface area contributed by atoms with Gasteiger partial charge in [0.25, 0.3) is 0 Å². The van der Waals surface area contributed by atoms with Crippen LogP contribution in [0.2, 0.25) is 0 Å². The van der Waals surface area contributed by atoms with Crippen molar-refractivity contribution in [3.05, 3.63) is 24.3 Å². The Bertz CT molecular complexity index is 440. The van der Waals surface area contributed by atoms with E-state index in [2.05, 4.69) is 15.4 Å². The van der Waals surface area contributed by atoms with Crippen molar-refractivity contribution in [3.63, 3.8) is 0 Å². The van der Waals surface area contributed by atoms with Crippen molar-refractivity contribution in [2.45, 2.75) is 19.5 Å². The predicted molar refractivity (Wildman–Crippen MR) is 74.5 cm³/mol. The molecule has 1 aromatic rings. The van der Waals surface area contributed by atoms with Gasteiger partial charge in [0, 0.05) is 17.7 Å². The minimum Gasteiger partial charge on any atom is -0.435 e. The molecule has 0 aliphatic carbocycles. The minimum atomic E-state index is -2.87. The van der Waals surface area contributed by atoms with Gasteiger partial charge in [-0.2, -0.15) is 8.78 Å². The second-order valence-electron chi connectivity index (χ2n) is 4.42. The average Bonchev–Trinajstić information content (AvgIpc) is 2.39. The van der Waals surface area contributed by atoms with Crippen molar-refractivity contribution >= 4 is 24.0 Å². The van der Waals surface area contributed by atoms with Crippen LogP contribution in [0, 0.1) is 5.92 Å². The molecule has 2 rings (SSSR count). The number of nitrogens with one attached hydrogen (secondary N) is 2. The van der Waals surface area contributed by atoms with E-state index < -0.39 is 6.61 Å². The zero-order valence-electron chi connectivity index (χ0n) is 10.8. The Labute approximate surface area is 122 Å². The van der Waals surface area contributed by atoms with E-state index in [1.165, 1.54) is 12.1 Å². The fourth-order valence-electron chi connectivity index (χ4n) is 2.08. The first-order valence-electron chi connectivity index (χ1n) is 6.21. The predicted octanol–water partition coefficient (Wildman–Crippen LogP) is 2.65. The highest BCUT2D eigenvalue weighted by molar-refractivity contribution is 5.92. The van der Waals surface area contributed by atoms with Crippen LogP contribution < -0.4 is 15.4 Å². The van der Waals surface area contributed by atoms with Gasteiger partial charge >= 0.3 is 6.61 Å². The van der Waals surface area contributed by atoms with Crippen LogP contribution in [0.4, 0.5) is 14.5 Å². The second-order valence-corrected chi connectivity index (χ2v) is 4.42.